The predicted molar refractivity (Wildman–Crippen MR) is 79.4 cm³/mol. The van der Waals surface area contributed by atoms with E-state index in [0.29, 0.717) is 11.8 Å². The molecule has 0 radical (unpaired) electrons. The third kappa shape index (κ3) is 5.65. The fourth-order valence-electron chi connectivity index (χ4n) is 1.76. The van der Waals surface area contributed by atoms with Gasteiger partial charge in [-0.05, 0) is 25.2 Å². The SMILES string of the molecule is C.C.C.C.CC(C)C(C)CC1(C)CC(=O)OC1=O. The summed E-state index contributed by atoms with van der Waals surface area (Å²) < 4.78 is 4.58. The van der Waals surface area contributed by atoms with Gasteiger partial charge in [-0.2, -0.15) is 0 Å². The summed E-state index contributed by atoms with van der Waals surface area (Å²) in [5, 5.41) is 0. The largest absolute Gasteiger partial charge is 0.393 e. The van der Waals surface area contributed by atoms with E-state index in [1.807, 2.05) is 6.92 Å². The number of carbonyl (C=O) groups excluding carboxylic acids is 2. The van der Waals surface area contributed by atoms with E-state index in [4.69, 9.17) is 0 Å². The fourth-order valence-corrected chi connectivity index (χ4v) is 1.76. The fraction of sp³-hybridized carbons (Fsp3) is 0.867. The second kappa shape index (κ2) is 9.12. The average molecular weight is 262 g/mol. The van der Waals surface area contributed by atoms with Crippen LogP contribution in [-0.4, -0.2) is 11.9 Å². The molecule has 0 saturated carbocycles. The van der Waals surface area contributed by atoms with Gasteiger partial charge in [-0.25, -0.2) is 0 Å². The molecule has 1 aliphatic heterocycles. The molecular weight excluding hydrogens is 228 g/mol. The van der Waals surface area contributed by atoms with E-state index in [2.05, 4.69) is 25.5 Å². The Hall–Kier alpha value is -0.860. The van der Waals surface area contributed by atoms with Gasteiger partial charge in [0.2, 0.25) is 0 Å². The number of hydrogen-bond acceptors (Lipinski definition) is 3. The Labute approximate surface area is 114 Å². The average Bonchev–Trinajstić information content (AvgIpc) is 2.25. The Balaban J connectivity index is -0.000000245. The first kappa shape index (κ1) is 25.9. The van der Waals surface area contributed by atoms with E-state index >= 15 is 0 Å². The van der Waals surface area contributed by atoms with Crippen LogP contribution in [0.25, 0.3) is 0 Å². The van der Waals surface area contributed by atoms with Crippen molar-refractivity contribution in [2.75, 3.05) is 0 Å². The first-order valence-corrected chi connectivity index (χ1v) is 5.10. The molecule has 112 valence electrons. The van der Waals surface area contributed by atoms with Gasteiger partial charge >= 0.3 is 11.9 Å². The van der Waals surface area contributed by atoms with Gasteiger partial charge in [-0.15, -0.1) is 0 Å². The molecule has 2 atom stereocenters. The van der Waals surface area contributed by atoms with Gasteiger partial charge in [0.25, 0.3) is 0 Å². The lowest BCUT2D eigenvalue weighted by Gasteiger charge is -2.24. The predicted octanol–water partition coefficient (Wildman–Crippen LogP) is 4.69. The third-order valence-electron chi connectivity index (χ3n) is 3.14. The molecule has 0 aliphatic carbocycles. The van der Waals surface area contributed by atoms with Crippen molar-refractivity contribution in [1.29, 1.82) is 0 Å². The van der Waals surface area contributed by atoms with Crippen molar-refractivity contribution < 1.29 is 14.3 Å². The van der Waals surface area contributed by atoms with Crippen molar-refractivity contribution in [3.8, 4) is 0 Å². The number of rotatable bonds is 3. The quantitative estimate of drug-likeness (QED) is 0.547. The molecule has 3 nitrogen and oxygen atoms in total. The summed E-state index contributed by atoms with van der Waals surface area (Å²) in [6.07, 6.45) is 0.970. The smallest absolute Gasteiger partial charge is 0.320 e. The summed E-state index contributed by atoms with van der Waals surface area (Å²) in [5.41, 5.74) is -0.583. The lowest BCUT2D eigenvalue weighted by Crippen LogP contribution is -2.26. The van der Waals surface area contributed by atoms with E-state index in [-0.39, 0.29) is 48.1 Å². The summed E-state index contributed by atoms with van der Waals surface area (Å²) in [5.74, 6) is 0.220. The van der Waals surface area contributed by atoms with Crippen molar-refractivity contribution in [3.63, 3.8) is 0 Å². The molecule has 0 spiro atoms. The van der Waals surface area contributed by atoms with Gasteiger partial charge in [0.1, 0.15) is 0 Å². The van der Waals surface area contributed by atoms with Crippen LogP contribution in [-0.2, 0) is 14.3 Å². The zero-order valence-corrected chi connectivity index (χ0v) is 9.29. The van der Waals surface area contributed by atoms with Crippen molar-refractivity contribution >= 4 is 11.9 Å². The Bertz CT molecular complexity index is 258. The Kier molecular flexibility index (Phi) is 13.1. The number of hydrogen-bond donors (Lipinski definition) is 0. The van der Waals surface area contributed by atoms with Crippen LogP contribution in [0.15, 0.2) is 0 Å². The van der Waals surface area contributed by atoms with Gasteiger partial charge in [-0.3, -0.25) is 9.59 Å². The highest BCUT2D eigenvalue weighted by molar-refractivity contribution is 5.97. The summed E-state index contributed by atoms with van der Waals surface area (Å²) in [4.78, 5) is 22.4. The van der Waals surface area contributed by atoms with Gasteiger partial charge < -0.3 is 4.74 Å². The molecule has 1 saturated heterocycles. The van der Waals surface area contributed by atoms with Crippen LogP contribution in [0.3, 0.4) is 0 Å². The van der Waals surface area contributed by atoms with Gasteiger partial charge in [-0.1, -0.05) is 50.5 Å². The highest BCUT2D eigenvalue weighted by Crippen LogP contribution is 2.38. The molecular formula is C15H34O3. The highest BCUT2D eigenvalue weighted by Gasteiger charge is 2.45. The molecule has 1 rings (SSSR count). The third-order valence-corrected chi connectivity index (χ3v) is 3.14. The molecule has 1 aliphatic rings. The first-order chi connectivity index (χ1) is 6.35. The Morgan fingerprint density at radius 2 is 1.56 bits per heavy atom. The van der Waals surface area contributed by atoms with Crippen LogP contribution in [0.1, 0.15) is 70.2 Å². The molecule has 1 fully saturated rings. The molecule has 0 N–H and O–H groups in total. The van der Waals surface area contributed by atoms with E-state index in [1.54, 1.807) is 0 Å². The standard InChI is InChI=1S/C11H18O3.4CH4/c1-7(2)8(3)5-11(4)6-9(12)14-10(11)13;;;;/h7-8H,5-6H2,1-4H3;4*1H4. The molecule has 3 heteroatoms. The van der Waals surface area contributed by atoms with E-state index < -0.39 is 5.41 Å². The summed E-state index contributed by atoms with van der Waals surface area (Å²) in [6.45, 7) is 8.16. The van der Waals surface area contributed by atoms with Crippen LogP contribution < -0.4 is 0 Å². The molecule has 1 heterocycles. The van der Waals surface area contributed by atoms with Crippen LogP contribution >= 0.6 is 0 Å². The van der Waals surface area contributed by atoms with Crippen LogP contribution in [0.4, 0.5) is 0 Å². The van der Waals surface area contributed by atoms with Crippen LogP contribution in [0.5, 0.6) is 0 Å². The summed E-state index contributed by atoms with van der Waals surface area (Å²) in [7, 11) is 0. The van der Waals surface area contributed by atoms with Crippen LogP contribution in [0.2, 0.25) is 0 Å². The maximum absolute atomic E-state index is 11.4. The maximum atomic E-state index is 11.4. The van der Waals surface area contributed by atoms with Crippen molar-refractivity contribution in [2.45, 2.75) is 70.2 Å². The minimum Gasteiger partial charge on any atom is -0.393 e. The minimum atomic E-state index is -0.583. The molecule has 0 aromatic heterocycles. The molecule has 18 heavy (non-hydrogen) atoms. The summed E-state index contributed by atoms with van der Waals surface area (Å²) >= 11 is 0. The molecule has 2 unspecified atom stereocenters. The zero-order valence-electron chi connectivity index (χ0n) is 9.29. The van der Waals surface area contributed by atoms with Gasteiger partial charge in [0, 0.05) is 0 Å². The number of ether oxygens (including phenoxy) is 1. The molecule has 0 aromatic rings. The van der Waals surface area contributed by atoms with Crippen LogP contribution in [0, 0.1) is 17.3 Å². The molecule has 0 aromatic carbocycles. The monoisotopic (exact) mass is 262 g/mol. The molecule has 0 bridgehead atoms. The zero-order chi connectivity index (χ0) is 10.9. The second-order valence-electron chi connectivity index (χ2n) is 4.92. The normalized spacial score (nSPS) is 22.9. The van der Waals surface area contributed by atoms with Gasteiger partial charge in [0.15, 0.2) is 0 Å². The lowest BCUT2D eigenvalue weighted by atomic mass is 9.77. The second-order valence-corrected chi connectivity index (χ2v) is 4.92. The Morgan fingerprint density at radius 1 is 1.11 bits per heavy atom. The van der Waals surface area contributed by atoms with E-state index in [0.717, 1.165) is 6.42 Å². The highest BCUT2D eigenvalue weighted by atomic mass is 16.6. The number of carbonyl (C=O) groups is 2. The molecule has 0 amide bonds. The lowest BCUT2D eigenvalue weighted by molar-refractivity contribution is -0.155. The Morgan fingerprint density at radius 3 is 1.83 bits per heavy atom. The summed E-state index contributed by atoms with van der Waals surface area (Å²) in [6, 6.07) is 0. The number of cyclic esters (lactones) is 2. The van der Waals surface area contributed by atoms with E-state index in [9.17, 15) is 9.59 Å². The maximum Gasteiger partial charge on any atom is 0.320 e. The van der Waals surface area contributed by atoms with Crippen molar-refractivity contribution in [2.24, 2.45) is 17.3 Å². The first-order valence-electron chi connectivity index (χ1n) is 5.10. The number of esters is 2. The minimum absolute atomic E-state index is 0. The topological polar surface area (TPSA) is 43.4 Å². The van der Waals surface area contributed by atoms with Crippen molar-refractivity contribution in [1.82, 2.24) is 0 Å². The van der Waals surface area contributed by atoms with Gasteiger partial charge in [0.05, 0.1) is 11.8 Å². The van der Waals surface area contributed by atoms with E-state index in [1.165, 1.54) is 0 Å². The van der Waals surface area contributed by atoms with Crippen molar-refractivity contribution in [3.05, 3.63) is 0 Å².